The number of allylic oxidation sites excluding steroid dienone is 2. The van der Waals surface area contributed by atoms with Crippen molar-refractivity contribution in [2.45, 2.75) is 90.9 Å². The molecule has 328 valence electrons. The van der Waals surface area contributed by atoms with E-state index in [0.29, 0.717) is 24.2 Å². The molecule has 12 heteroatoms. The third-order valence-electron chi connectivity index (χ3n) is 13.7. The Labute approximate surface area is 364 Å². The first kappa shape index (κ1) is 44.6. The summed E-state index contributed by atoms with van der Waals surface area (Å²) < 4.78 is 3.63. The summed E-state index contributed by atoms with van der Waals surface area (Å²) in [4.78, 5) is 57.8. The van der Waals surface area contributed by atoms with Crippen molar-refractivity contribution in [3.63, 3.8) is 0 Å². The number of hydrogen-bond donors (Lipinski definition) is 4. The van der Waals surface area contributed by atoms with Crippen LogP contribution in [0.2, 0.25) is 0 Å². The van der Waals surface area contributed by atoms with Gasteiger partial charge in [0.2, 0.25) is 11.8 Å². The number of pyridine rings is 2. The van der Waals surface area contributed by atoms with E-state index in [1.165, 1.54) is 0 Å². The Hall–Kier alpha value is -5.40. The number of carbonyl (C=O) groups excluding carboxylic acids is 2. The zero-order valence-electron chi connectivity index (χ0n) is 36.7. The van der Waals surface area contributed by atoms with Crippen LogP contribution in [0.3, 0.4) is 0 Å². The molecule has 8 rings (SSSR count). The molecule has 4 aliphatic rings. The molecule has 4 aliphatic heterocycles. The normalized spacial score (nSPS) is 26.1. The maximum absolute atomic E-state index is 13.5. The molecule has 0 saturated carbocycles. The van der Waals surface area contributed by atoms with Gasteiger partial charge in [0, 0.05) is 72.7 Å². The highest BCUT2D eigenvalue weighted by molar-refractivity contribution is 5.82. The summed E-state index contributed by atoms with van der Waals surface area (Å²) in [5, 5.41) is 26.9. The molecule has 4 bridgehead atoms. The van der Waals surface area contributed by atoms with E-state index in [1.54, 1.807) is 0 Å². The minimum absolute atomic E-state index is 0.0308. The highest BCUT2D eigenvalue weighted by Crippen LogP contribution is 2.49. The molecule has 6 heterocycles. The third kappa shape index (κ3) is 8.17. The Bertz CT molecular complexity index is 2230. The number of nitrogens with one attached hydrogen (secondary N) is 2. The van der Waals surface area contributed by atoms with E-state index in [2.05, 4.69) is 34.3 Å². The molecular weight excluding hydrogens is 781 g/mol. The molecular formula is C50H62N6O6. The lowest BCUT2D eigenvalue weighted by Gasteiger charge is -2.37. The molecule has 0 spiro atoms. The van der Waals surface area contributed by atoms with Crippen LogP contribution in [0.25, 0.3) is 12.2 Å². The van der Waals surface area contributed by atoms with Crippen molar-refractivity contribution >= 4 is 24.0 Å². The van der Waals surface area contributed by atoms with Gasteiger partial charge in [0.1, 0.15) is 0 Å². The van der Waals surface area contributed by atoms with Crippen molar-refractivity contribution in [2.24, 2.45) is 23.7 Å². The smallest absolute Gasteiger partial charge is 0.258 e. The van der Waals surface area contributed by atoms with Crippen molar-refractivity contribution in [3.05, 3.63) is 151 Å². The van der Waals surface area contributed by atoms with Gasteiger partial charge in [-0.2, -0.15) is 0 Å². The molecule has 0 unspecified atom stereocenters. The van der Waals surface area contributed by atoms with Gasteiger partial charge in [0.25, 0.3) is 11.1 Å². The van der Waals surface area contributed by atoms with Gasteiger partial charge in [-0.1, -0.05) is 98.8 Å². The fraction of sp³-hybridized carbons (Fsp3) is 0.440. The predicted octanol–water partition coefficient (Wildman–Crippen LogP) is 5.48. The van der Waals surface area contributed by atoms with E-state index < -0.39 is 11.8 Å². The van der Waals surface area contributed by atoms with Gasteiger partial charge in [0.05, 0.1) is 36.0 Å². The van der Waals surface area contributed by atoms with Gasteiger partial charge in [-0.05, 0) is 76.2 Å². The number of fused-ring (bicyclic) bond motifs is 8. The van der Waals surface area contributed by atoms with Crippen molar-refractivity contribution in [2.75, 3.05) is 26.3 Å². The van der Waals surface area contributed by atoms with Crippen LogP contribution in [0.4, 0.5) is 0 Å². The fourth-order valence-electron chi connectivity index (χ4n) is 10.8. The highest BCUT2D eigenvalue weighted by atomic mass is 16.3. The van der Waals surface area contributed by atoms with Gasteiger partial charge in [0.15, 0.2) is 0 Å². The summed E-state index contributed by atoms with van der Waals surface area (Å²) in [6, 6.07) is 26.5. The number of aliphatic hydroxyl groups excluding tert-OH is 2. The third-order valence-corrected chi connectivity index (χ3v) is 13.7. The van der Waals surface area contributed by atoms with E-state index in [-0.39, 0.29) is 84.2 Å². The number of rotatable bonds is 12. The number of benzene rings is 2. The van der Waals surface area contributed by atoms with Gasteiger partial charge >= 0.3 is 0 Å². The van der Waals surface area contributed by atoms with E-state index in [0.717, 1.165) is 35.6 Å². The lowest BCUT2D eigenvalue weighted by Crippen LogP contribution is -2.46. The molecule has 4 aromatic rings. The standard InChI is InChI=1S/2C25H31N3O3/c2*1-4-9-18-12-13-20-23-22(24(30)26-16(3)17-10-7-6-8-11-17)19(15-29)21(27(23)5-2)14-28(20)25(18)31/h2*4,6-13,16,19,21-23,29H,5,14-15H2,1-3H3,(H,26,30)/b9-4+;9-4-/t2*16-,19+,21+,22-,23-/m00/s1. The van der Waals surface area contributed by atoms with Crippen LogP contribution in [0.5, 0.6) is 0 Å². The summed E-state index contributed by atoms with van der Waals surface area (Å²) in [5.74, 6) is -1.42. The Balaban J connectivity index is 0.000000186. The summed E-state index contributed by atoms with van der Waals surface area (Å²) in [6.45, 7) is 14.2. The van der Waals surface area contributed by atoms with E-state index in [1.807, 2.05) is 146 Å². The monoisotopic (exact) mass is 842 g/mol. The maximum Gasteiger partial charge on any atom is 0.258 e. The number of carbonyl (C=O) groups is 2. The van der Waals surface area contributed by atoms with E-state index in [4.69, 9.17) is 0 Å². The SMILES string of the molecule is C/C=C/c1ccc2n(c1=O)C[C@@H]1[C@@H](CO)[C@H](C(=O)N[C@@H](C)c3ccccc3)[C@H]2N1CC.C/C=C\c1ccc2n(c1=O)C[C@@H]1[C@@H](CO)[C@H](C(=O)N[C@@H](C)c3ccccc3)[C@H]2N1CC. The molecule has 2 aromatic carbocycles. The molecule has 4 N–H and O–H groups in total. The molecule has 2 amide bonds. The summed E-state index contributed by atoms with van der Waals surface area (Å²) in [7, 11) is 0. The second-order valence-corrected chi connectivity index (χ2v) is 17.0. The maximum atomic E-state index is 13.5. The van der Waals surface area contributed by atoms with Crippen LogP contribution in [-0.4, -0.2) is 79.3 Å². The van der Waals surface area contributed by atoms with E-state index >= 15 is 0 Å². The van der Waals surface area contributed by atoms with Crippen LogP contribution < -0.4 is 21.8 Å². The van der Waals surface area contributed by atoms with Crippen LogP contribution in [0.1, 0.15) is 99.4 Å². The number of likely N-dealkylation sites (N-methyl/N-ethyl adjacent to an activating group) is 2. The molecule has 2 fully saturated rings. The van der Waals surface area contributed by atoms with Gasteiger partial charge in [-0.3, -0.25) is 29.0 Å². The second kappa shape index (κ2) is 19.3. The Morgan fingerprint density at radius 3 is 1.32 bits per heavy atom. The predicted molar refractivity (Wildman–Crippen MR) is 243 cm³/mol. The van der Waals surface area contributed by atoms with E-state index in [9.17, 15) is 29.4 Å². The highest BCUT2D eigenvalue weighted by Gasteiger charge is 2.56. The lowest BCUT2D eigenvalue weighted by molar-refractivity contribution is -0.129. The average molecular weight is 843 g/mol. The van der Waals surface area contributed by atoms with Crippen molar-refractivity contribution in [3.8, 4) is 0 Å². The Morgan fingerprint density at radius 1 is 0.629 bits per heavy atom. The molecule has 10 atom stereocenters. The molecule has 62 heavy (non-hydrogen) atoms. The van der Waals surface area contributed by atoms with Gasteiger partial charge in [-0.25, -0.2) is 0 Å². The first-order chi connectivity index (χ1) is 30.0. The van der Waals surface area contributed by atoms with Crippen molar-refractivity contribution in [1.29, 1.82) is 0 Å². The number of hydrogen-bond acceptors (Lipinski definition) is 8. The number of aromatic nitrogens is 2. The minimum atomic E-state index is -0.415. The fourth-order valence-corrected chi connectivity index (χ4v) is 10.8. The van der Waals surface area contributed by atoms with Crippen molar-refractivity contribution < 1.29 is 19.8 Å². The molecule has 0 radical (unpaired) electrons. The molecule has 2 saturated heterocycles. The quantitative estimate of drug-likeness (QED) is 0.147. The van der Waals surface area contributed by atoms with Crippen molar-refractivity contribution in [1.82, 2.24) is 29.6 Å². The van der Waals surface area contributed by atoms with Crippen LogP contribution in [0.15, 0.2) is 107 Å². The zero-order valence-corrected chi connectivity index (χ0v) is 36.7. The Morgan fingerprint density at radius 2 is 1.00 bits per heavy atom. The number of aliphatic hydroxyl groups is 2. The summed E-state index contributed by atoms with van der Waals surface area (Å²) in [5.41, 5.74) is 5.03. The lowest BCUT2D eigenvalue weighted by atomic mass is 9.86. The number of amides is 2. The minimum Gasteiger partial charge on any atom is -0.396 e. The topological polar surface area (TPSA) is 149 Å². The molecule has 0 aliphatic carbocycles. The van der Waals surface area contributed by atoms with Crippen LogP contribution >= 0.6 is 0 Å². The molecule has 12 nitrogen and oxygen atoms in total. The number of nitrogens with zero attached hydrogens (tertiary/aromatic N) is 4. The first-order valence-electron chi connectivity index (χ1n) is 22.2. The first-order valence-corrected chi connectivity index (χ1v) is 22.2. The zero-order chi connectivity index (χ0) is 44.2. The summed E-state index contributed by atoms with van der Waals surface area (Å²) in [6.07, 6.45) is 7.35. The Kier molecular flexibility index (Phi) is 13.9. The van der Waals surface area contributed by atoms with Crippen LogP contribution in [0, 0.1) is 23.7 Å². The second-order valence-electron chi connectivity index (χ2n) is 17.0. The van der Waals surface area contributed by atoms with Gasteiger partial charge < -0.3 is 30.0 Å². The molecule has 2 aromatic heterocycles. The largest absolute Gasteiger partial charge is 0.396 e. The van der Waals surface area contributed by atoms with Gasteiger partial charge in [-0.15, -0.1) is 0 Å². The van der Waals surface area contributed by atoms with Crippen LogP contribution in [-0.2, 0) is 22.7 Å². The average Bonchev–Trinajstić information content (AvgIpc) is 3.66. The summed E-state index contributed by atoms with van der Waals surface area (Å²) >= 11 is 0.